The van der Waals surface area contributed by atoms with Crippen molar-refractivity contribution < 1.29 is 13.7 Å². The molecule has 3 N–H and O–H groups in total. The Morgan fingerprint density at radius 2 is 2.20 bits per heavy atom. The number of halogens is 1. The second-order valence-electron chi connectivity index (χ2n) is 4.50. The van der Waals surface area contributed by atoms with E-state index in [9.17, 15) is 4.39 Å². The number of rotatable bonds is 6. The second-order valence-corrected chi connectivity index (χ2v) is 4.50. The lowest BCUT2D eigenvalue weighted by atomic mass is 10.2. The second kappa shape index (κ2) is 6.27. The summed E-state index contributed by atoms with van der Waals surface area (Å²) in [5.41, 5.74) is 7.47. The van der Waals surface area contributed by atoms with Crippen LogP contribution in [0.2, 0.25) is 0 Å². The van der Waals surface area contributed by atoms with E-state index in [-0.39, 0.29) is 5.75 Å². The fourth-order valence-corrected chi connectivity index (χ4v) is 1.73. The van der Waals surface area contributed by atoms with E-state index in [1.807, 2.05) is 19.9 Å². The standard InChI is InChI=1S/C14H18FN3O2/c1-3-4-19-14-7-13(12(16)6-11(14)15)17-8-10-5-9(2)20-18-10/h5-7,17H,3-4,8,16H2,1-2H3. The fraction of sp³-hybridized carbons (Fsp3) is 0.357. The summed E-state index contributed by atoms with van der Waals surface area (Å²) in [4.78, 5) is 0. The summed E-state index contributed by atoms with van der Waals surface area (Å²) < 4.78 is 24.0. The molecule has 1 aromatic carbocycles. The first-order valence-corrected chi connectivity index (χ1v) is 6.48. The van der Waals surface area contributed by atoms with Crippen LogP contribution in [0.3, 0.4) is 0 Å². The van der Waals surface area contributed by atoms with Crippen molar-refractivity contribution in [2.24, 2.45) is 0 Å². The Morgan fingerprint density at radius 3 is 2.85 bits per heavy atom. The predicted molar refractivity (Wildman–Crippen MR) is 75.2 cm³/mol. The number of hydrogen-bond acceptors (Lipinski definition) is 5. The highest BCUT2D eigenvalue weighted by Gasteiger charge is 2.09. The Balaban J connectivity index is 2.09. The van der Waals surface area contributed by atoms with E-state index in [0.717, 1.165) is 17.9 Å². The molecule has 0 aliphatic heterocycles. The van der Waals surface area contributed by atoms with Crippen molar-refractivity contribution >= 4 is 11.4 Å². The van der Waals surface area contributed by atoms with Crippen LogP contribution in [-0.2, 0) is 6.54 Å². The molecule has 0 bridgehead atoms. The van der Waals surface area contributed by atoms with Gasteiger partial charge in [0.05, 0.1) is 24.5 Å². The largest absolute Gasteiger partial charge is 0.490 e. The molecule has 0 spiro atoms. The lowest BCUT2D eigenvalue weighted by Gasteiger charge is -2.12. The van der Waals surface area contributed by atoms with Crippen molar-refractivity contribution in [3.8, 4) is 5.75 Å². The van der Waals surface area contributed by atoms with E-state index >= 15 is 0 Å². The summed E-state index contributed by atoms with van der Waals surface area (Å²) in [6.45, 7) is 4.68. The Kier molecular flexibility index (Phi) is 4.45. The molecular formula is C14H18FN3O2. The average molecular weight is 279 g/mol. The van der Waals surface area contributed by atoms with Gasteiger partial charge in [-0.15, -0.1) is 0 Å². The SMILES string of the molecule is CCCOc1cc(NCc2cc(C)on2)c(N)cc1F. The van der Waals surface area contributed by atoms with Crippen LogP contribution in [-0.4, -0.2) is 11.8 Å². The molecule has 0 fully saturated rings. The minimum absolute atomic E-state index is 0.194. The average Bonchev–Trinajstić information content (AvgIpc) is 2.82. The molecule has 5 nitrogen and oxygen atoms in total. The van der Waals surface area contributed by atoms with Gasteiger partial charge in [-0.1, -0.05) is 12.1 Å². The van der Waals surface area contributed by atoms with Crippen LogP contribution < -0.4 is 15.8 Å². The molecule has 0 saturated carbocycles. The first kappa shape index (κ1) is 14.2. The number of nitrogens with zero attached hydrogens (tertiary/aromatic N) is 1. The van der Waals surface area contributed by atoms with Crippen LogP contribution in [0.1, 0.15) is 24.8 Å². The first-order chi connectivity index (χ1) is 9.60. The van der Waals surface area contributed by atoms with Crippen molar-refractivity contribution in [1.29, 1.82) is 0 Å². The highest BCUT2D eigenvalue weighted by Crippen LogP contribution is 2.28. The summed E-state index contributed by atoms with van der Waals surface area (Å²) in [5.74, 6) is 0.472. The molecule has 0 saturated heterocycles. The number of benzene rings is 1. The van der Waals surface area contributed by atoms with Crippen LogP contribution in [0.15, 0.2) is 22.7 Å². The number of hydrogen-bond donors (Lipinski definition) is 2. The van der Waals surface area contributed by atoms with Crippen molar-refractivity contribution in [3.63, 3.8) is 0 Å². The molecule has 0 unspecified atom stereocenters. The van der Waals surface area contributed by atoms with Crippen LogP contribution in [0.5, 0.6) is 5.75 Å². The van der Waals surface area contributed by atoms with E-state index in [0.29, 0.717) is 24.5 Å². The zero-order chi connectivity index (χ0) is 14.5. The first-order valence-electron chi connectivity index (χ1n) is 6.48. The molecule has 108 valence electrons. The number of nitrogens with two attached hydrogens (primary N) is 1. The Hall–Kier alpha value is -2.24. The van der Waals surface area contributed by atoms with Gasteiger partial charge in [-0.3, -0.25) is 0 Å². The zero-order valence-electron chi connectivity index (χ0n) is 11.6. The van der Waals surface area contributed by atoms with Gasteiger partial charge in [0, 0.05) is 18.2 Å². The quantitative estimate of drug-likeness (QED) is 0.795. The summed E-state index contributed by atoms with van der Waals surface area (Å²) in [6, 6.07) is 4.63. The molecule has 0 amide bonds. The predicted octanol–water partition coefficient (Wildman–Crippen LogP) is 3.11. The third-order valence-electron chi connectivity index (χ3n) is 2.70. The van der Waals surface area contributed by atoms with Gasteiger partial charge in [-0.2, -0.15) is 0 Å². The number of aryl methyl sites for hydroxylation is 1. The molecule has 6 heteroatoms. The van der Waals surface area contributed by atoms with E-state index in [1.165, 1.54) is 6.07 Å². The summed E-state index contributed by atoms with van der Waals surface area (Å²) in [6.07, 6.45) is 0.810. The number of anilines is 2. The third-order valence-corrected chi connectivity index (χ3v) is 2.70. The van der Waals surface area contributed by atoms with Crippen LogP contribution in [0.4, 0.5) is 15.8 Å². The van der Waals surface area contributed by atoms with Gasteiger partial charge in [0.1, 0.15) is 11.5 Å². The monoisotopic (exact) mass is 279 g/mol. The fourth-order valence-electron chi connectivity index (χ4n) is 1.73. The third kappa shape index (κ3) is 3.40. The van der Waals surface area contributed by atoms with Gasteiger partial charge in [0.2, 0.25) is 0 Å². The smallest absolute Gasteiger partial charge is 0.167 e. The van der Waals surface area contributed by atoms with Crippen molar-refractivity contribution in [1.82, 2.24) is 5.16 Å². The molecule has 0 atom stereocenters. The topological polar surface area (TPSA) is 73.3 Å². The van der Waals surface area contributed by atoms with E-state index < -0.39 is 5.82 Å². The zero-order valence-corrected chi connectivity index (χ0v) is 11.6. The molecule has 20 heavy (non-hydrogen) atoms. The van der Waals surface area contributed by atoms with Crippen molar-refractivity contribution in [3.05, 3.63) is 35.5 Å². The maximum absolute atomic E-state index is 13.7. The van der Waals surface area contributed by atoms with Crippen LogP contribution >= 0.6 is 0 Å². The summed E-state index contributed by atoms with van der Waals surface area (Å²) in [5, 5.41) is 6.96. The molecule has 1 heterocycles. The highest BCUT2D eigenvalue weighted by molar-refractivity contribution is 5.68. The van der Waals surface area contributed by atoms with Crippen LogP contribution in [0.25, 0.3) is 0 Å². The van der Waals surface area contributed by atoms with Crippen molar-refractivity contribution in [2.45, 2.75) is 26.8 Å². The minimum atomic E-state index is -0.459. The normalized spacial score (nSPS) is 10.6. The lowest BCUT2D eigenvalue weighted by Crippen LogP contribution is -2.05. The number of nitrogens with one attached hydrogen (secondary N) is 1. The van der Waals surface area contributed by atoms with E-state index in [2.05, 4.69) is 10.5 Å². The van der Waals surface area contributed by atoms with Crippen molar-refractivity contribution in [2.75, 3.05) is 17.7 Å². The van der Waals surface area contributed by atoms with E-state index in [4.69, 9.17) is 15.0 Å². The summed E-state index contributed by atoms with van der Waals surface area (Å²) in [7, 11) is 0. The Bertz CT molecular complexity index is 584. The number of aromatic nitrogens is 1. The summed E-state index contributed by atoms with van der Waals surface area (Å²) >= 11 is 0. The number of ether oxygens (including phenoxy) is 1. The molecule has 1 aromatic heterocycles. The molecule has 0 aliphatic carbocycles. The van der Waals surface area contributed by atoms with Gasteiger partial charge in [-0.25, -0.2) is 4.39 Å². The molecule has 2 aromatic rings. The Labute approximate surface area is 116 Å². The van der Waals surface area contributed by atoms with Gasteiger partial charge in [0.25, 0.3) is 0 Å². The number of nitrogen functional groups attached to an aromatic ring is 1. The molecule has 0 radical (unpaired) electrons. The van der Waals surface area contributed by atoms with Gasteiger partial charge in [-0.05, 0) is 13.3 Å². The molecule has 0 aliphatic rings. The molecule has 2 rings (SSSR count). The maximum Gasteiger partial charge on any atom is 0.167 e. The molecular weight excluding hydrogens is 261 g/mol. The van der Waals surface area contributed by atoms with E-state index in [1.54, 1.807) is 6.07 Å². The minimum Gasteiger partial charge on any atom is -0.490 e. The highest BCUT2D eigenvalue weighted by atomic mass is 19.1. The van der Waals surface area contributed by atoms with Gasteiger partial charge in [0.15, 0.2) is 11.6 Å². The van der Waals surface area contributed by atoms with Crippen LogP contribution in [0, 0.1) is 12.7 Å². The van der Waals surface area contributed by atoms with Gasteiger partial charge >= 0.3 is 0 Å². The Morgan fingerprint density at radius 1 is 1.40 bits per heavy atom. The lowest BCUT2D eigenvalue weighted by molar-refractivity contribution is 0.301. The van der Waals surface area contributed by atoms with Gasteiger partial charge < -0.3 is 20.3 Å². The maximum atomic E-state index is 13.7.